The second-order valence-corrected chi connectivity index (χ2v) is 2.98. The Morgan fingerprint density at radius 2 is 1.87 bits per heavy atom. The van der Waals surface area contributed by atoms with Gasteiger partial charge in [0.05, 0.1) is 12.2 Å². The number of rotatable bonds is 3. The number of carbonyl (C=O) groups is 2. The molecule has 0 bridgehead atoms. The van der Waals surface area contributed by atoms with Crippen molar-refractivity contribution >= 4 is 17.6 Å². The second-order valence-electron chi connectivity index (χ2n) is 2.98. The Morgan fingerprint density at radius 1 is 1.27 bits per heavy atom. The summed E-state index contributed by atoms with van der Waals surface area (Å²) in [6.45, 7) is 3.54. The average Bonchev–Trinajstić information content (AvgIpc) is 2.18. The van der Waals surface area contributed by atoms with Gasteiger partial charge < -0.3 is 10.1 Å². The molecule has 0 heterocycles. The number of anilines is 1. The smallest absolute Gasteiger partial charge is 0.338 e. The van der Waals surface area contributed by atoms with Crippen molar-refractivity contribution < 1.29 is 14.3 Å². The minimum Gasteiger partial charge on any atom is -0.462 e. The van der Waals surface area contributed by atoms with Gasteiger partial charge in [-0.25, -0.2) is 4.79 Å². The molecule has 0 saturated heterocycles. The van der Waals surface area contributed by atoms with Gasteiger partial charge in [-0.15, -0.1) is 0 Å². The van der Waals surface area contributed by atoms with Crippen molar-refractivity contribution in [3.63, 3.8) is 0 Å². The maximum atomic E-state index is 11.3. The molecule has 1 rings (SSSR count). The predicted molar refractivity (Wildman–Crippen MR) is 56.7 cm³/mol. The van der Waals surface area contributed by atoms with Crippen LogP contribution in [0.1, 0.15) is 24.2 Å². The normalized spacial score (nSPS) is 9.47. The Labute approximate surface area is 88.2 Å². The van der Waals surface area contributed by atoms with E-state index in [0.717, 1.165) is 0 Å². The van der Waals surface area contributed by atoms with Crippen molar-refractivity contribution in [2.45, 2.75) is 13.8 Å². The molecule has 0 aliphatic rings. The quantitative estimate of drug-likeness (QED) is 0.769. The van der Waals surface area contributed by atoms with Crippen LogP contribution in [0, 0.1) is 0 Å². The minimum absolute atomic E-state index is 0.140. The van der Waals surface area contributed by atoms with Gasteiger partial charge in [-0.2, -0.15) is 0 Å². The topological polar surface area (TPSA) is 55.4 Å². The van der Waals surface area contributed by atoms with Gasteiger partial charge in [0.25, 0.3) is 0 Å². The van der Waals surface area contributed by atoms with Crippen molar-refractivity contribution in [2.24, 2.45) is 0 Å². The van der Waals surface area contributed by atoms with E-state index in [1.807, 2.05) is 0 Å². The number of benzene rings is 1. The van der Waals surface area contributed by atoms with Crippen LogP contribution in [0.15, 0.2) is 24.3 Å². The molecule has 0 aliphatic carbocycles. The summed E-state index contributed by atoms with van der Waals surface area (Å²) in [5.74, 6) is -0.495. The van der Waals surface area contributed by atoms with Crippen molar-refractivity contribution in [2.75, 3.05) is 11.9 Å². The van der Waals surface area contributed by atoms with E-state index in [-0.39, 0.29) is 11.9 Å². The molecule has 0 atom stereocenters. The van der Waals surface area contributed by atoms with Gasteiger partial charge in [0.2, 0.25) is 5.91 Å². The van der Waals surface area contributed by atoms with Crippen LogP contribution >= 0.6 is 0 Å². The monoisotopic (exact) mass is 207 g/mol. The van der Waals surface area contributed by atoms with Crippen molar-refractivity contribution in [1.82, 2.24) is 0 Å². The molecule has 1 amide bonds. The predicted octanol–water partition coefficient (Wildman–Crippen LogP) is 1.82. The lowest BCUT2D eigenvalue weighted by atomic mass is 10.2. The summed E-state index contributed by atoms with van der Waals surface area (Å²) in [5, 5.41) is 2.61. The molecule has 80 valence electrons. The summed E-state index contributed by atoms with van der Waals surface area (Å²) < 4.78 is 4.82. The summed E-state index contributed by atoms with van der Waals surface area (Å²) in [6.07, 6.45) is 0. The Kier molecular flexibility index (Phi) is 3.85. The molecule has 0 aromatic heterocycles. The van der Waals surface area contributed by atoms with Gasteiger partial charge in [0, 0.05) is 12.6 Å². The highest BCUT2D eigenvalue weighted by atomic mass is 16.5. The largest absolute Gasteiger partial charge is 0.462 e. The van der Waals surface area contributed by atoms with Gasteiger partial charge in [-0.3, -0.25) is 4.79 Å². The van der Waals surface area contributed by atoms with Gasteiger partial charge in [0.15, 0.2) is 0 Å². The van der Waals surface area contributed by atoms with E-state index in [1.54, 1.807) is 31.2 Å². The van der Waals surface area contributed by atoms with Crippen LogP contribution in [0.4, 0.5) is 5.69 Å². The second kappa shape index (κ2) is 5.14. The van der Waals surface area contributed by atoms with Crippen LogP contribution in [-0.2, 0) is 9.53 Å². The van der Waals surface area contributed by atoms with Crippen LogP contribution < -0.4 is 5.32 Å². The van der Waals surface area contributed by atoms with E-state index in [2.05, 4.69) is 5.32 Å². The molecule has 15 heavy (non-hydrogen) atoms. The molecule has 4 heteroatoms. The molecule has 4 nitrogen and oxygen atoms in total. The highest BCUT2D eigenvalue weighted by Gasteiger charge is 2.05. The first-order valence-corrected chi connectivity index (χ1v) is 4.68. The number of esters is 1. The van der Waals surface area contributed by atoms with E-state index >= 15 is 0 Å². The highest BCUT2D eigenvalue weighted by Crippen LogP contribution is 2.10. The molecule has 0 spiro atoms. The van der Waals surface area contributed by atoms with E-state index < -0.39 is 0 Å². The molecular weight excluding hydrogens is 194 g/mol. The third-order valence-corrected chi connectivity index (χ3v) is 1.72. The van der Waals surface area contributed by atoms with Crippen LogP contribution in [0.5, 0.6) is 0 Å². The molecule has 0 saturated carbocycles. The molecular formula is C11H13NO3. The molecule has 1 aromatic rings. The molecule has 0 unspecified atom stereocenters. The Bertz CT molecular complexity index is 357. The van der Waals surface area contributed by atoms with E-state index in [1.165, 1.54) is 6.92 Å². The lowest BCUT2D eigenvalue weighted by Gasteiger charge is -2.04. The number of carbonyl (C=O) groups excluding carboxylic acids is 2. The summed E-state index contributed by atoms with van der Waals surface area (Å²) in [7, 11) is 0. The summed E-state index contributed by atoms with van der Waals surface area (Å²) in [6, 6.07) is 6.55. The number of hydrogen-bond acceptors (Lipinski definition) is 3. The zero-order valence-corrected chi connectivity index (χ0v) is 8.74. The Balaban J connectivity index is 2.71. The average molecular weight is 207 g/mol. The standard InChI is InChI=1S/C11H13NO3/c1-3-15-11(14)9-4-6-10(7-5-9)12-8(2)13/h4-7H,3H2,1-2H3,(H,12,13). The lowest BCUT2D eigenvalue weighted by molar-refractivity contribution is -0.114. The Morgan fingerprint density at radius 3 is 2.33 bits per heavy atom. The van der Waals surface area contributed by atoms with Gasteiger partial charge in [0.1, 0.15) is 0 Å². The van der Waals surface area contributed by atoms with Crippen molar-refractivity contribution in [3.05, 3.63) is 29.8 Å². The van der Waals surface area contributed by atoms with E-state index in [9.17, 15) is 9.59 Å². The molecule has 1 N–H and O–H groups in total. The zero-order valence-electron chi connectivity index (χ0n) is 8.74. The number of ether oxygens (including phenoxy) is 1. The number of amides is 1. The fourth-order valence-electron chi connectivity index (χ4n) is 1.11. The summed E-state index contributed by atoms with van der Waals surface area (Å²) >= 11 is 0. The summed E-state index contributed by atoms with van der Waals surface area (Å²) in [5.41, 5.74) is 1.14. The van der Waals surface area contributed by atoms with Crippen LogP contribution in [0.25, 0.3) is 0 Å². The van der Waals surface area contributed by atoms with Gasteiger partial charge in [-0.1, -0.05) is 0 Å². The maximum absolute atomic E-state index is 11.3. The first kappa shape index (κ1) is 11.2. The Hall–Kier alpha value is -1.84. The van der Waals surface area contributed by atoms with Gasteiger partial charge >= 0.3 is 5.97 Å². The van der Waals surface area contributed by atoms with Crippen LogP contribution in [0.3, 0.4) is 0 Å². The van der Waals surface area contributed by atoms with Gasteiger partial charge in [-0.05, 0) is 31.2 Å². The number of nitrogens with one attached hydrogen (secondary N) is 1. The molecule has 0 aliphatic heterocycles. The first-order valence-electron chi connectivity index (χ1n) is 4.68. The van der Waals surface area contributed by atoms with E-state index in [0.29, 0.717) is 17.9 Å². The fourth-order valence-corrected chi connectivity index (χ4v) is 1.11. The zero-order chi connectivity index (χ0) is 11.3. The fraction of sp³-hybridized carbons (Fsp3) is 0.273. The third-order valence-electron chi connectivity index (χ3n) is 1.72. The SMILES string of the molecule is CCOC(=O)c1ccc(NC(C)=O)cc1. The molecule has 0 fully saturated rings. The molecule has 0 radical (unpaired) electrons. The van der Waals surface area contributed by atoms with E-state index in [4.69, 9.17) is 4.74 Å². The van der Waals surface area contributed by atoms with Crippen molar-refractivity contribution in [3.8, 4) is 0 Å². The minimum atomic E-state index is -0.355. The summed E-state index contributed by atoms with van der Waals surface area (Å²) in [4.78, 5) is 22.0. The number of hydrogen-bond donors (Lipinski definition) is 1. The first-order chi connectivity index (χ1) is 7.13. The maximum Gasteiger partial charge on any atom is 0.338 e. The van der Waals surface area contributed by atoms with Crippen LogP contribution in [0.2, 0.25) is 0 Å². The van der Waals surface area contributed by atoms with Crippen molar-refractivity contribution in [1.29, 1.82) is 0 Å². The lowest BCUT2D eigenvalue weighted by Crippen LogP contribution is -2.07. The van der Waals surface area contributed by atoms with Crippen LogP contribution in [-0.4, -0.2) is 18.5 Å². The highest BCUT2D eigenvalue weighted by molar-refractivity contribution is 5.92. The molecule has 1 aromatic carbocycles. The third kappa shape index (κ3) is 3.42.